The summed E-state index contributed by atoms with van der Waals surface area (Å²) in [5, 5.41) is 6.75. The van der Waals surface area contributed by atoms with Crippen LogP contribution >= 0.6 is 0 Å². The average Bonchev–Trinajstić information content (AvgIpc) is 3.33. The van der Waals surface area contributed by atoms with E-state index in [0.29, 0.717) is 18.9 Å². The molecular formula is C20H29N5O2. The predicted molar refractivity (Wildman–Crippen MR) is 102 cm³/mol. The number of piperidine rings is 1. The molecule has 0 bridgehead atoms. The van der Waals surface area contributed by atoms with E-state index >= 15 is 0 Å². The topological polar surface area (TPSA) is 86.2 Å². The Morgan fingerprint density at radius 2 is 2.26 bits per heavy atom. The second-order valence-corrected chi connectivity index (χ2v) is 8.26. The van der Waals surface area contributed by atoms with Crippen LogP contribution in [0.3, 0.4) is 0 Å². The number of hydrogen-bond donors (Lipinski definition) is 3. The maximum atomic E-state index is 12.7. The highest BCUT2D eigenvalue weighted by molar-refractivity contribution is 5.82. The fraction of sp³-hybridized carbons (Fsp3) is 0.600. The summed E-state index contributed by atoms with van der Waals surface area (Å²) in [4.78, 5) is 23.0. The second kappa shape index (κ2) is 7.48. The fourth-order valence-electron chi connectivity index (χ4n) is 4.25. The number of nitrogens with one attached hydrogen (secondary N) is 3. The van der Waals surface area contributed by atoms with Crippen molar-refractivity contribution in [1.29, 1.82) is 0 Å². The first kappa shape index (κ1) is 18.3. The summed E-state index contributed by atoms with van der Waals surface area (Å²) in [5.41, 5.74) is 3.18. The Kier molecular flexibility index (Phi) is 5.06. The van der Waals surface area contributed by atoms with Crippen molar-refractivity contribution in [3.63, 3.8) is 0 Å². The van der Waals surface area contributed by atoms with E-state index < -0.39 is 0 Å². The molecule has 2 aromatic heterocycles. The molecule has 3 N–H and O–H groups in total. The number of rotatable bonds is 5. The number of carbonyl (C=O) groups excluding carboxylic acids is 1. The van der Waals surface area contributed by atoms with Crippen molar-refractivity contribution in [2.75, 3.05) is 19.6 Å². The van der Waals surface area contributed by atoms with Gasteiger partial charge in [-0.3, -0.25) is 15.0 Å². The number of H-pyrrole nitrogens is 1. The first-order chi connectivity index (χ1) is 13.1. The molecule has 146 valence electrons. The van der Waals surface area contributed by atoms with Crippen molar-refractivity contribution >= 4 is 5.91 Å². The molecule has 4 heterocycles. The van der Waals surface area contributed by atoms with Crippen LogP contribution in [0.4, 0.5) is 0 Å². The monoisotopic (exact) mass is 371 g/mol. The Balaban J connectivity index is 1.46. The molecule has 1 saturated heterocycles. The SMILES string of the molecule is CC(C)CNC(=O)[C@@H]1Cc2[nH]cnc2C2(CCN(Cc3ccoc3)CC2)N1. The minimum absolute atomic E-state index is 0.0872. The maximum absolute atomic E-state index is 12.7. The molecule has 7 nitrogen and oxygen atoms in total. The Morgan fingerprint density at radius 1 is 1.44 bits per heavy atom. The van der Waals surface area contributed by atoms with Crippen LogP contribution in [0.2, 0.25) is 0 Å². The third-order valence-corrected chi connectivity index (χ3v) is 5.73. The van der Waals surface area contributed by atoms with E-state index in [4.69, 9.17) is 4.42 Å². The number of imidazole rings is 1. The van der Waals surface area contributed by atoms with E-state index in [-0.39, 0.29) is 17.5 Å². The van der Waals surface area contributed by atoms with Gasteiger partial charge in [0.1, 0.15) is 0 Å². The number of fused-ring (bicyclic) bond motifs is 2. The van der Waals surface area contributed by atoms with Gasteiger partial charge in [-0.1, -0.05) is 13.8 Å². The number of carbonyl (C=O) groups is 1. The van der Waals surface area contributed by atoms with E-state index in [1.54, 1.807) is 12.6 Å². The second-order valence-electron chi connectivity index (χ2n) is 8.26. The van der Waals surface area contributed by atoms with Crippen LogP contribution in [0.5, 0.6) is 0 Å². The first-order valence-corrected chi connectivity index (χ1v) is 9.87. The highest BCUT2D eigenvalue weighted by atomic mass is 16.3. The number of hydrogen-bond acceptors (Lipinski definition) is 5. The van der Waals surface area contributed by atoms with Gasteiger partial charge in [0.05, 0.1) is 36.1 Å². The molecule has 0 aromatic carbocycles. The lowest BCUT2D eigenvalue weighted by atomic mass is 9.78. The normalized spacial score (nSPS) is 22.1. The Labute approximate surface area is 159 Å². The van der Waals surface area contributed by atoms with E-state index in [1.807, 2.05) is 12.3 Å². The Bertz CT molecular complexity index is 759. The average molecular weight is 371 g/mol. The van der Waals surface area contributed by atoms with Crippen LogP contribution < -0.4 is 10.6 Å². The minimum Gasteiger partial charge on any atom is -0.472 e. The third-order valence-electron chi connectivity index (χ3n) is 5.73. The molecule has 1 spiro atoms. The largest absolute Gasteiger partial charge is 0.472 e. The summed E-state index contributed by atoms with van der Waals surface area (Å²) >= 11 is 0. The van der Waals surface area contributed by atoms with Crippen LogP contribution in [0.15, 0.2) is 29.3 Å². The van der Waals surface area contributed by atoms with Gasteiger partial charge in [-0.2, -0.15) is 0 Å². The summed E-state index contributed by atoms with van der Waals surface area (Å²) in [6.07, 6.45) is 7.84. The van der Waals surface area contributed by atoms with Crippen LogP contribution in [-0.4, -0.2) is 46.5 Å². The molecule has 1 amide bonds. The molecular weight excluding hydrogens is 342 g/mol. The lowest BCUT2D eigenvalue weighted by Gasteiger charge is -2.46. The fourth-order valence-corrected chi connectivity index (χ4v) is 4.25. The zero-order valence-corrected chi connectivity index (χ0v) is 16.1. The van der Waals surface area contributed by atoms with E-state index in [1.165, 1.54) is 5.56 Å². The van der Waals surface area contributed by atoms with Gasteiger partial charge in [0.15, 0.2) is 0 Å². The quantitative estimate of drug-likeness (QED) is 0.746. The number of amides is 1. The molecule has 0 radical (unpaired) electrons. The van der Waals surface area contributed by atoms with Crippen molar-refractivity contribution in [2.24, 2.45) is 5.92 Å². The van der Waals surface area contributed by atoms with Crippen molar-refractivity contribution < 1.29 is 9.21 Å². The molecule has 0 aliphatic carbocycles. The van der Waals surface area contributed by atoms with Gasteiger partial charge in [-0.15, -0.1) is 0 Å². The number of nitrogens with zero attached hydrogens (tertiary/aromatic N) is 2. The summed E-state index contributed by atoms with van der Waals surface area (Å²) in [6.45, 7) is 7.75. The molecule has 1 atom stereocenters. The maximum Gasteiger partial charge on any atom is 0.237 e. The molecule has 27 heavy (non-hydrogen) atoms. The highest BCUT2D eigenvalue weighted by Crippen LogP contribution is 2.37. The summed E-state index contributed by atoms with van der Waals surface area (Å²) < 4.78 is 5.18. The molecule has 0 saturated carbocycles. The molecule has 0 unspecified atom stereocenters. The number of aromatic nitrogens is 2. The molecule has 2 aromatic rings. The summed E-state index contributed by atoms with van der Waals surface area (Å²) in [6, 6.07) is 1.81. The number of likely N-dealkylation sites (tertiary alicyclic amines) is 1. The molecule has 1 fully saturated rings. The lowest BCUT2D eigenvalue weighted by molar-refractivity contribution is -0.124. The molecule has 7 heteroatoms. The molecule has 4 rings (SSSR count). The van der Waals surface area contributed by atoms with E-state index in [2.05, 4.69) is 39.3 Å². The van der Waals surface area contributed by atoms with Crippen molar-refractivity contribution in [3.05, 3.63) is 41.9 Å². The smallest absolute Gasteiger partial charge is 0.237 e. The van der Waals surface area contributed by atoms with Gasteiger partial charge in [0.25, 0.3) is 0 Å². The van der Waals surface area contributed by atoms with Crippen LogP contribution in [0.25, 0.3) is 0 Å². The predicted octanol–water partition coefficient (Wildman–Crippen LogP) is 1.78. The van der Waals surface area contributed by atoms with Crippen LogP contribution in [0.1, 0.15) is 43.6 Å². The van der Waals surface area contributed by atoms with Crippen molar-refractivity contribution in [3.8, 4) is 0 Å². The zero-order valence-electron chi connectivity index (χ0n) is 16.1. The van der Waals surface area contributed by atoms with Gasteiger partial charge < -0.3 is 14.7 Å². The molecule has 2 aliphatic rings. The van der Waals surface area contributed by atoms with Gasteiger partial charge in [0.2, 0.25) is 5.91 Å². The third kappa shape index (κ3) is 3.80. The Morgan fingerprint density at radius 3 is 2.96 bits per heavy atom. The summed E-state index contributed by atoms with van der Waals surface area (Å²) in [5.74, 6) is 0.532. The van der Waals surface area contributed by atoms with Crippen LogP contribution in [0, 0.1) is 5.92 Å². The van der Waals surface area contributed by atoms with E-state index in [9.17, 15) is 4.79 Å². The standard InChI is InChI=1S/C20H29N5O2/c1-14(2)10-21-19(26)17-9-16-18(23-13-22-16)20(24-17)4-6-25(7-5-20)11-15-3-8-27-12-15/h3,8,12-14,17,24H,4-7,9-11H2,1-2H3,(H,21,26)(H,22,23)/t17-/m0/s1. The highest BCUT2D eigenvalue weighted by Gasteiger charge is 2.45. The zero-order chi connectivity index (χ0) is 18.9. The summed E-state index contributed by atoms with van der Waals surface area (Å²) in [7, 11) is 0. The van der Waals surface area contributed by atoms with Gasteiger partial charge >= 0.3 is 0 Å². The Hall–Kier alpha value is -2.12. The molecule has 2 aliphatic heterocycles. The van der Waals surface area contributed by atoms with Gasteiger partial charge in [0, 0.05) is 43.9 Å². The van der Waals surface area contributed by atoms with E-state index in [0.717, 1.165) is 43.9 Å². The number of furan rings is 1. The van der Waals surface area contributed by atoms with Crippen molar-refractivity contribution in [1.82, 2.24) is 25.5 Å². The number of aromatic amines is 1. The van der Waals surface area contributed by atoms with Crippen LogP contribution in [-0.2, 0) is 23.3 Å². The van der Waals surface area contributed by atoms with Crippen molar-refractivity contribution in [2.45, 2.75) is 51.2 Å². The lowest BCUT2D eigenvalue weighted by Crippen LogP contribution is -2.61. The first-order valence-electron chi connectivity index (χ1n) is 9.87. The van der Waals surface area contributed by atoms with Gasteiger partial charge in [-0.05, 0) is 24.8 Å². The van der Waals surface area contributed by atoms with Gasteiger partial charge in [-0.25, -0.2) is 4.98 Å². The minimum atomic E-state index is -0.222.